The van der Waals surface area contributed by atoms with Crippen molar-refractivity contribution in [2.75, 3.05) is 6.61 Å². The molecule has 1 heteroatoms. The van der Waals surface area contributed by atoms with E-state index in [1.807, 2.05) is 25.1 Å². The van der Waals surface area contributed by atoms with E-state index < -0.39 is 0 Å². The van der Waals surface area contributed by atoms with E-state index in [-0.39, 0.29) is 0 Å². The van der Waals surface area contributed by atoms with Gasteiger partial charge in [-0.05, 0) is 12.5 Å². The third-order valence-electron chi connectivity index (χ3n) is 1.66. The molecule has 0 aromatic heterocycles. The lowest BCUT2D eigenvalue weighted by Gasteiger charge is -2.00. The van der Waals surface area contributed by atoms with Crippen LogP contribution in [0.2, 0.25) is 0 Å². The van der Waals surface area contributed by atoms with Crippen LogP contribution in [0, 0.1) is 11.8 Å². The van der Waals surface area contributed by atoms with Crippen molar-refractivity contribution in [3.05, 3.63) is 35.9 Å². The highest BCUT2D eigenvalue weighted by molar-refractivity contribution is 5.13. The summed E-state index contributed by atoms with van der Waals surface area (Å²) in [6, 6.07) is 10.2. The van der Waals surface area contributed by atoms with Gasteiger partial charge in [0.2, 0.25) is 0 Å². The first-order valence-corrected chi connectivity index (χ1v) is 4.45. The SMILES string of the molecule is CC#CCCOCc1ccccc1. The summed E-state index contributed by atoms with van der Waals surface area (Å²) in [7, 11) is 0. The number of hydrogen-bond acceptors (Lipinski definition) is 1. The molecule has 1 aromatic carbocycles. The Hall–Kier alpha value is -1.26. The van der Waals surface area contributed by atoms with Gasteiger partial charge in [0, 0.05) is 6.42 Å². The summed E-state index contributed by atoms with van der Waals surface area (Å²) >= 11 is 0. The lowest BCUT2D eigenvalue weighted by molar-refractivity contribution is 0.126. The van der Waals surface area contributed by atoms with Gasteiger partial charge < -0.3 is 4.74 Å². The topological polar surface area (TPSA) is 9.23 Å². The normalized spacial score (nSPS) is 9.00. The van der Waals surface area contributed by atoms with Gasteiger partial charge in [-0.25, -0.2) is 0 Å². The van der Waals surface area contributed by atoms with Crippen molar-refractivity contribution in [1.82, 2.24) is 0 Å². The molecule has 0 radical (unpaired) electrons. The van der Waals surface area contributed by atoms with Gasteiger partial charge in [-0.3, -0.25) is 0 Å². The van der Waals surface area contributed by atoms with Crippen LogP contribution in [-0.2, 0) is 11.3 Å². The molecule has 0 aliphatic carbocycles. The van der Waals surface area contributed by atoms with Crippen LogP contribution in [-0.4, -0.2) is 6.61 Å². The molecular formula is C12H14O. The Morgan fingerprint density at radius 2 is 2.00 bits per heavy atom. The Balaban J connectivity index is 2.16. The maximum absolute atomic E-state index is 5.42. The van der Waals surface area contributed by atoms with Crippen molar-refractivity contribution in [1.29, 1.82) is 0 Å². The van der Waals surface area contributed by atoms with Crippen LogP contribution in [0.15, 0.2) is 30.3 Å². The van der Waals surface area contributed by atoms with Gasteiger partial charge in [-0.1, -0.05) is 30.3 Å². The number of rotatable bonds is 4. The molecule has 0 unspecified atom stereocenters. The maximum Gasteiger partial charge on any atom is 0.0717 e. The summed E-state index contributed by atoms with van der Waals surface area (Å²) in [5.74, 6) is 5.80. The van der Waals surface area contributed by atoms with E-state index in [1.165, 1.54) is 5.56 Å². The van der Waals surface area contributed by atoms with Gasteiger partial charge in [-0.2, -0.15) is 0 Å². The molecule has 0 saturated carbocycles. The Bertz CT molecular complexity index is 279. The molecule has 0 N–H and O–H groups in total. The molecular weight excluding hydrogens is 160 g/mol. The van der Waals surface area contributed by atoms with Crippen molar-refractivity contribution >= 4 is 0 Å². The largest absolute Gasteiger partial charge is 0.376 e. The fraction of sp³-hybridized carbons (Fsp3) is 0.333. The van der Waals surface area contributed by atoms with Gasteiger partial charge in [0.15, 0.2) is 0 Å². The highest BCUT2D eigenvalue weighted by Crippen LogP contribution is 2.00. The van der Waals surface area contributed by atoms with E-state index in [2.05, 4.69) is 24.0 Å². The van der Waals surface area contributed by atoms with E-state index >= 15 is 0 Å². The summed E-state index contributed by atoms with van der Waals surface area (Å²) in [5, 5.41) is 0. The molecule has 0 aliphatic heterocycles. The van der Waals surface area contributed by atoms with Gasteiger partial charge in [0.1, 0.15) is 0 Å². The third kappa shape index (κ3) is 4.35. The first-order chi connectivity index (χ1) is 6.43. The Labute approximate surface area is 79.7 Å². The van der Waals surface area contributed by atoms with Crippen LogP contribution in [0.5, 0.6) is 0 Å². The highest BCUT2D eigenvalue weighted by atomic mass is 16.5. The van der Waals surface area contributed by atoms with Gasteiger partial charge in [0.25, 0.3) is 0 Å². The first kappa shape index (κ1) is 9.83. The number of ether oxygens (including phenoxy) is 1. The van der Waals surface area contributed by atoms with E-state index in [9.17, 15) is 0 Å². The van der Waals surface area contributed by atoms with Crippen LogP contribution in [0.3, 0.4) is 0 Å². The summed E-state index contributed by atoms with van der Waals surface area (Å²) in [6.07, 6.45) is 0.823. The minimum Gasteiger partial charge on any atom is -0.376 e. The first-order valence-electron chi connectivity index (χ1n) is 4.45. The van der Waals surface area contributed by atoms with Crippen molar-refractivity contribution < 1.29 is 4.74 Å². The smallest absolute Gasteiger partial charge is 0.0717 e. The van der Waals surface area contributed by atoms with Crippen molar-refractivity contribution in [2.24, 2.45) is 0 Å². The highest BCUT2D eigenvalue weighted by Gasteiger charge is 1.89. The number of benzene rings is 1. The summed E-state index contributed by atoms with van der Waals surface area (Å²) in [6.45, 7) is 3.25. The van der Waals surface area contributed by atoms with Crippen LogP contribution in [0.4, 0.5) is 0 Å². The van der Waals surface area contributed by atoms with Crippen molar-refractivity contribution in [3.63, 3.8) is 0 Å². The second-order valence-electron chi connectivity index (χ2n) is 2.71. The Morgan fingerprint density at radius 1 is 1.23 bits per heavy atom. The lowest BCUT2D eigenvalue weighted by atomic mass is 10.2. The van der Waals surface area contributed by atoms with Crippen LogP contribution in [0.1, 0.15) is 18.9 Å². The molecule has 0 amide bonds. The molecule has 0 saturated heterocycles. The van der Waals surface area contributed by atoms with E-state index in [4.69, 9.17) is 4.74 Å². The predicted octanol–water partition coefficient (Wildman–Crippen LogP) is 2.62. The van der Waals surface area contributed by atoms with Crippen molar-refractivity contribution in [3.8, 4) is 11.8 Å². The van der Waals surface area contributed by atoms with Crippen LogP contribution >= 0.6 is 0 Å². The van der Waals surface area contributed by atoms with Crippen LogP contribution < -0.4 is 0 Å². The van der Waals surface area contributed by atoms with Gasteiger partial charge >= 0.3 is 0 Å². The molecule has 1 nitrogen and oxygen atoms in total. The molecule has 68 valence electrons. The Morgan fingerprint density at radius 3 is 2.69 bits per heavy atom. The Kier molecular flexibility index (Phi) is 4.74. The summed E-state index contributed by atoms with van der Waals surface area (Å²) < 4.78 is 5.42. The van der Waals surface area contributed by atoms with E-state index in [0.29, 0.717) is 6.61 Å². The minimum absolute atomic E-state index is 0.687. The monoisotopic (exact) mass is 174 g/mol. The fourth-order valence-corrected chi connectivity index (χ4v) is 1.01. The lowest BCUT2D eigenvalue weighted by Crippen LogP contribution is -1.93. The van der Waals surface area contributed by atoms with Gasteiger partial charge in [0.05, 0.1) is 13.2 Å². The zero-order chi connectivity index (χ0) is 9.36. The molecule has 0 heterocycles. The van der Waals surface area contributed by atoms with Gasteiger partial charge in [-0.15, -0.1) is 11.8 Å². The molecule has 0 atom stereocenters. The second-order valence-corrected chi connectivity index (χ2v) is 2.71. The third-order valence-corrected chi connectivity index (χ3v) is 1.66. The number of hydrogen-bond donors (Lipinski definition) is 0. The zero-order valence-electron chi connectivity index (χ0n) is 7.92. The van der Waals surface area contributed by atoms with Crippen molar-refractivity contribution in [2.45, 2.75) is 20.0 Å². The standard InChI is InChI=1S/C12H14O/c1-2-3-7-10-13-11-12-8-5-4-6-9-12/h4-6,8-9H,7,10-11H2,1H3. The fourth-order valence-electron chi connectivity index (χ4n) is 1.01. The predicted molar refractivity (Wildman–Crippen MR) is 54.2 cm³/mol. The quantitative estimate of drug-likeness (QED) is 0.503. The molecule has 1 rings (SSSR count). The molecule has 0 aliphatic rings. The summed E-state index contributed by atoms with van der Waals surface area (Å²) in [5.41, 5.74) is 1.21. The molecule has 1 aromatic rings. The maximum atomic E-state index is 5.42. The summed E-state index contributed by atoms with van der Waals surface area (Å²) in [4.78, 5) is 0. The molecule has 0 fully saturated rings. The molecule has 0 spiro atoms. The van der Waals surface area contributed by atoms with E-state index in [1.54, 1.807) is 0 Å². The second kappa shape index (κ2) is 6.28. The average molecular weight is 174 g/mol. The minimum atomic E-state index is 0.687. The molecule has 13 heavy (non-hydrogen) atoms. The average Bonchev–Trinajstić information content (AvgIpc) is 2.19. The van der Waals surface area contributed by atoms with E-state index in [0.717, 1.165) is 13.0 Å². The van der Waals surface area contributed by atoms with Crippen LogP contribution in [0.25, 0.3) is 0 Å². The zero-order valence-corrected chi connectivity index (χ0v) is 7.92. The molecule has 0 bridgehead atoms.